The first-order valence-electron chi connectivity index (χ1n) is 9.34. The van der Waals surface area contributed by atoms with Crippen LogP contribution in [0.5, 0.6) is 0 Å². The summed E-state index contributed by atoms with van der Waals surface area (Å²) < 4.78 is 26.4. The van der Waals surface area contributed by atoms with Crippen molar-refractivity contribution in [2.75, 3.05) is 45.1 Å². The first-order valence-corrected chi connectivity index (χ1v) is 9.34. The van der Waals surface area contributed by atoms with Crippen molar-refractivity contribution in [1.82, 2.24) is 14.7 Å². The summed E-state index contributed by atoms with van der Waals surface area (Å²) in [6.07, 6.45) is 1.97. The topological polar surface area (TPSA) is 55.9 Å². The van der Waals surface area contributed by atoms with Gasteiger partial charge in [0.2, 0.25) is 5.91 Å². The van der Waals surface area contributed by atoms with Crippen LogP contribution in [-0.4, -0.2) is 71.9 Å². The lowest BCUT2D eigenvalue weighted by Gasteiger charge is -2.49. The van der Waals surface area contributed by atoms with Gasteiger partial charge in [-0.1, -0.05) is 0 Å². The predicted octanol–water partition coefficient (Wildman–Crippen LogP) is 2.52. The Labute approximate surface area is 158 Å². The molecule has 27 heavy (non-hydrogen) atoms. The van der Waals surface area contributed by atoms with Crippen LogP contribution in [0.4, 0.5) is 19.3 Å². The molecule has 1 aromatic rings. The van der Waals surface area contributed by atoms with Crippen molar-refractivity contribution in [2.45, 2.75) is 31.7 Å². The van der Waals surface area contributed by atoms with Crippen molar-refractivity contribution >= 4 is 17.6 Å². The molecule has 1 atom stereocenters. The third-order valence-electron chi connectivity index (χ3n) is 5.84. The Morgan fingerprint density at radius 3 is 2.67 bits per heavy atom. The summed E-state index contributed by atoms with van der Waals surface area (Å²) in [6.45, 7) is 5.09. The Balaban J connectivity index is 1.71. The van der Waals surface area contributed by atoms with Gasteiger partial charge < -0.3 is 15.1 Å². The van der Waals surface area contributed by atoms with Crippen LogP contribution < -0.4 is 5.32 Å². The second-order valence-corrected chi connectivity index (χ2v) is 7.35. The van der Waals surface area contributed by atoms with E-state index in [9.17, 15) is 18.4 Å². The quantitative estimate of drug-likeness (QED) is 0.858. The summed E-state index contributed by atoms with van der Waals surface area (Å²) in [5.74, 6) is -1.79. The Hall–Kier alpha value is -2.22. The Morgan fingerprint density at radius 2 is 1.96 bits per heavy atom. The number of nitrogens with zero attached hydrogens (tertiary/aromatic N) is 3. The monoisotopic (exact) mass is 380 g/mol. The van der Waals surface area contributed by atoms with Crippen LogP contribution >= 0.6 is 0 Å². The van der Waals surface area contributed by atoms with Crippen LogP contribution in [0, 0.1) is 11.6 Å². The molecule has 0 radical (unpaired) electrons. The number of nitrogens with one attached hydrogen (secondary N) is 1. The number of urea groups is 1. The van der Waals surface area contributed by atoms with Gasteiger partial charge in [-0.2, -0.15) is 0 Å². The van der Waals surface area contributed by atoms with Gasteiger partial charge in [-0.3, -0.25) is 9.69 Å². The molecular weight excluding hydrogens is 354 g/mol. The number of rotatable bonds is 2. The molecule has 2 aliphatic heterocycles. The molecule has 2 aliphatic rings. The highest BCUT2D eigenvalue weighted by atomic mass is 19.2. The largest absolute Gasteiger partial charge is 0.343 e. The van der Waals surface area contributed by atoms with Crippen molar-refractivity contribution in [3.63, 3.8) is 0 Å². The molecule has 0 bridgehead atoms. The van der Waals surface area contributed by atoms with E-state index in [0.29, 0.717) is 45.6 Å². The van der Waals surface area contributed by atoms with Gasteiger partial charge in [0.05, 0.1) is 0 Å². The third kappa shape index (κ3) is 4.05. The molecule has 0 saturated carbocycles. The summed E-state index contributed by atoms with van der Waals surface area (Å²) in [7, 11) is 2.04. The SMILES string of the molecule is CCN1CCC2(CCC1=O)CN(C(=O)Nc1ccc(F)c(F)c1)CCN2C. The van der Waals surface area contributed by atoms with Crippen molar-refractivity contribution in [2.24, 2.45) is 0 Å². The van der Waals surface area contributed by atoms with Crippen LogP contribution in [-0.2, 0) is 4.79 Å². The molecule has 3 rings (SSSR count). The number of hydrogen-bond acceptors (Lipinski definition) is 3. The standard InChI is InChI=1S/C19H26F2N4O2/c1-3-24-9-8-19(7-6-17(24)26)13-25(11-10-23(19)2)18(27)22-14-4-5-15(20)16(21)12-14/h4-5,12H,3,6-11,13H2,1-2H3,(H,22,27). The van der Waals surface area contributed by atoms with Gasteiger partial charge >= 0.3 is 6.03 Å². The van der Waals surface area contributed by atoms with Gasteiger partial charge in [0.25, 0.3) is 0 Å². The molecule has 1 spiro atoms. The zero-order valence-electron chi connectivity index (χ0n) is 15.8. The maximum absolute atomic E-state index is 13.4. The summed E-state index contributed by atoms with van der Waals surface area (Å²) in [5, 5.41) is 2.65. The number of carbonyl (C=O) groups is 2. The van der Waals surface area contributed by atoms with E-state index in [1.807, 2.05) is 18.9 Å². The lowest BCUT2D eigenvalue weighted by molar-refractivity contribution is -0.130. The number of benzene rings is 1. The normalized spacial score (nSPS) is 24.2. The van der Waals surface area contributed by atoms with E-state index in [1.165, 1.54) is 6.07 Å². The molecule has 2 heterocycles. The predicted molar refractivity (Wildman–Crippen MR) is 98.4 cm³/mol. The van der Waals surface area contributed by atoms with E-state index in [1.54, 1.807) is 4.90 Å². The molecule has 3 amide bonds. The molecule has 2 fully saturated rings. The molecule has 0 aromatic heterocycles. The smallest absolute Gasteiger partial charge is 0.321 e. The van der Waals surface area contributed by atoms with Crippen molar-refractivity contribution in [3.05, 3.63) is 29.8 Å². The number of hydrogen-bond donors (Lipinski definition) is 1. The van der Waals surface area contributed by atoms with Gasteiger partial charge in [-0.25, -0.2) is 13.6 Å². The maximum atomic E-state index is 13.4. The molecule has 2 saturated heterocycles. The summed E-state index contributed by atoms with van der Waals surface area (Å²) in [6, 6.07) is 2.97. The van der Waals surface area contributed by atoms with Gasteiger partial charge in [0, 0.05) is 56.4 Å². The molecule has 1 N–H and O–H groups in total. The number of piperazine rings is 1. The lowest BCUT2D eigenvalue weighted by atomic mass is 9.86. The van der Waals surface area contributed by atoms with E-state index in [4.69, 9.17) is 0 Å². The Morgan fingerprint density at radius 1 is 1.19 bits per heavy atom. The fourth-order valence-corrected chi connectivity index (χ4v) is 3.98. The zero-order chi connectivity index (χ0) is 19.6. The maximum Gasteiger partial charge on any atom is 0.321 e. The molecule has 0 aliphatic carbocycles. The van der Waals surface area contributed by atoms with Crippen LogP contribution in [0.2, 0.25) is 0 Å². The highest BCUT2D eigenvalue weighted by Gasteiger charge is 2.43. The van der Waals surface area contributed by atoms with E-state index in [2.05, 4.69) is 10.2 Å². The van der Waals surface area contributed by atoms with Crippen LogP contribution in [0.15, 0.2) is 18.2 Å². The minimum absolute atomic E-state index is 0.158. The molecule has 1 unspecified atom stereocenters. The number of likely N-dealkylation sites (tertiary alicyclic amines) is 1. The molecule has 1 aromatic carbocycles. The van der Waals surface area contributed by atoms with Crippen molar-refractivity contribution in [1.29, 1.82) is 0 Å². The number of carbonyl (C=O) groups excluding carboxylic acids is 2. The first-order chi connectivity index (χ1) is 12.8. The average Bonchev–Trinajstić information content (AvgIpc) is 2.80. The minimum atomic E-state index is -0.996. The fraction of sp³-hybridized carbons (Fsp3) is 0.579. The van der Waals surface area contributed by atoms with Gasteiger partial charge in [-0.15, -0.1) is 0 Å². The van der Waals surface area contributed by atoms with Gasteiger partial charge in [-0.05, 0) is 38.9 Å². The number of halogens is 2. The Kier molecular flexibility index (Phi) is 5.64. The minimum Gasteiger partial charge on any atom is -0.343 e. The number of likely N-dealkylation sites (N-methyl/N-ethyl adjacent to an activating group) is 1. The molecule has 6 nitrogen and oxygen atoms in total. The van der Waals surface area contributed by atoms with Crippen LogP contribution in [0.3, 0.4) is 0 Å². The van der Waals surface area contributed by atoms with Crippen LogP contribution in [0.1, 0.15) is 26.2 Å². The zero-order valence-corrected chi connectivity index (χ0v) is 15.8. The van der Waals surface area contributed by atoms with Crippen molar-refractivity contribution < 1.29 is 18.4 Å². The number of anilines is 1. The second-order valence-electron chi connectivity index (χ2n) is 7.35. The van der Waals surface area contributed by atoms with E-state index in [-0.39, 0.29) is 23.2 Å². The summed E-state index contributed by atoms with van der Waals surface area (Å²) in [4.78, 5) is 30.7. The highest BCUT2D eigenvalue weighted by Crippen LogP contribution is 2.32. The van der Waals surface area contributed by atoms with Gasteiger partial charge in [0.1, 0.15) is 0 Å². The molecular formula is C19H26F2N4O2. The lowest BCUT2D eigenvalue weighted by Crippen LogP contribution is -2.62. The van der Waals surface area contributed by atoms with Gasteiger partial charge in [0.15, 0.2) is 11.6 Å². The third-order valence-corrected chi connectivity index (χ3v) is 5.84. The van der Waals surface area contributed by atoms with E-state index in [0.717, 1.165) is 18.6 Å². The van der Waals surface area contributed by atoms with Crippen LogP contribution in [0.25, 0.3) is 0 Å². The second kappa shape index (κ2) is 7.80. The molecule has 8 heteroatoms. The first kappa shape index (κ1) is 19.5. The van der Waals surface area contributed by atoms with E-state index < -0.39 is 11.6 Å². The van der Waals surface area contributed by atoms with E-state index >= 15 is 0 Å². The highest BCUT2D eigenvalue weighted by molar-refractivity contribution is 5.89. The summed E-state index contributed by atoms with van der Waals surface area (Å²) >= 11 is 0. The van der Waals surface area contributed by atoms with Crippen molar-refractivity contribution in [3.8, 4) is 0 Å². The Bertz CT molecular complexity index is 730. The fourth-order valence-electron chi connectivity index (χ4n) is 3.98. The summed E-state index contributed by atoms with van der Waals surface area (Å²) in [5.41, 5.74) is -0.0245. The molecule has 148 valence electrons. The number of amides is 3. The average molecular weight is 380 g/mol.